The van der Waals surface area contributed by atoms with Crippen LogP contribution >= 0.6 is 11.6 Å². The van der Waals surface area contributed by atoms with Crippen LogP contribution in [0.15, 0.2) is 24.3 Å². The van der Waals surface area contributed by atoms with Gasteiger partial charge in [-0.05, 0) is 55.2 Å². The van der Waals surface area contributed by atoms with Gasteiger partial charge in [-0.1, -0.05) is 37.6 Å². The second-order valence-corrected chi connectivity index (χ2v) is 7.97. The molecule has 2 fully saturated rings. The van der Waals surface area contributed by atoms with Crippen molar-refractivity contribution in [3.05, 3.63) is 34.9 Å². The van der Waals surface area contributed by atoms with Gasteiger partial charge >= 0.3 is 0 Å². The van der Waals surface area contributed by atoms with Crippen LogP contribution in [0.2, 0.25) is 5.02 Å². The van der Waals surface area contributed by atoms with Crippen molar-refractivity contribution in [3.8, 4) is 0 Å². The highest BCUT2D eigenvalue weighted by Crippen LogP contribution is 2.38. The number of fused-ring (bicyclic) bond motifs is 1. The summed E-state index contributed by atoms with van der Waals surface area (Å²) in [6.07, 6.45) is 4.15. The number of hydrogen-bond donors (Lipinski definition) is 2. The lowest BCUT2D eigenvalue weighted by Gasteiger charge is -2.46. The van der Waals surface area contributed by atoms with Gasteiger partial charge in [0.1, 0.15) is 0 Å². The summed E-state index contributed by atoms with van der Waals surface area (Å²) < 4.78 is 0. The molecule has 2 amide bonds. The summed E-state index contributed by atoms with van der Waals surface area (Å²) in [4.78, 5) is 24.6. The first-order valence-corrected chi connectivity index (χ1v) is 9.70. The van der Waals surface area contributed by atoms with Crippen molar-refractivity contribution in [2.45, 2.75) is 58.0 Å². The second-order valence-electron chi connectivity index (χ2n) is 7.53. The molecular weight excluding hydrogens is 336 g/mol. The van der Waals surface area contributed by atoms with Crippen LogP contribution in [0.5, 0.6) is 0 Å². The predicted molar refractivity (Wildman–Crippen MR) is 99.3 cm³/mol. The normalized spacial score (nSPS) is 31.8. The topological polar surface area (TPSA) is 58.2 Å². The number of carbonyl (C=O) groups is 2. The van der Waals surface area contributed by atoms with E-state index in [-0.39, 0.29) is 29.8 Å². The molecule has 2 N–H and O–H groups in total. The lowest BCUT2D eigenvalue weighted by atomic mass is 9.67. The highest BCUT2D eigenvalue weighted by molar-refractivity contribution is 6.30. The maximum Gasteiger partial charge on any atom is 0.224 e. The largest absolute Gasteiger partial charge is 0.353 e. The number of nitrogens with one attached hydrogen (secondary N) is 2. The molecule has 1 saturated heterocycles. The lowest BCUT2D eigenvalue weighted by Crippen LogP contribution is -2.58. The highest BCUT2D eigenvalue weighted by Gasteiger charge is 2.43. The zero-order chi connectivity index (χ0) is 18.0. The van der Waals surface area contributed by atoms with E-state index in [1.54, 1.807) is 12.1 Å². The molecule has 136 valence electrons. The highest BCUT2D eigenvalue weighted by atomic mass is 35.5. The molecule has 5 unspecified atom stereocenters. The summed E-state index contributed by atoms with van der Waals surface area (Å²) >= 11 is 5.88. The average Bonchev–Trinajstić information content (AvgIpc) is 2.57. The van der Waals surface area contributed by atoms with Crippen molar-refractivity contribution in [1.82, 2.24) is 10.6 Å². The Morgan fingerprint density at radius 2 is 2.00 bits per heavy atom. The first-order chi connectivity index (χ1) is 12.0. The molecule has 0 aromatic heterocycles. The van der Waals surface area contributed by atoms with E-state index < -0.39 is 0 Å². The van der Waals surface area contributed by atoms with Gasteiger partial charge in [-0.2, -0.15) is 0 Å². The van der Waals surface area contributed by atoms with Crippen LogP contribution in [-0.4, -0.2) is 23.9 Å². The Hall–Kier alpha value is -1.55. The van der Waals surface area contributed by atoms with Crippen molar-refractivity contribution >= 4 is 23.4 Å². The minimum atomic E-state index is 0.0346. The summed E-state index contributed by atoms with van der Waals surface area (Å²) in [5.41, 5.74) is 0.959. The zero-order valence-corrected chi connectivity index (χ0v) is 15.7. The van der Waals surface area contributed by atoms with E-state index in [1.807, 2.05) is 12.1 Å². The van der Waals surface area contributed by atoms with Crippen LogP contribution in [0.4, 0.5) is 0 Å². The molecule has 25 heavy (non-hydrogen) atoms. The van der Waals surface area contributed by atoms with Crippen LogP contribution < -0.4 is 10.6 Å². The standard InChI is InChI=1S/C20H27ClN2O2/c1-3-16-12(2)17-9-8-15(11-18(17)23-20(16)25)22-19(24)10-13-4-6-14(21)7-5-13/h4-7,12,15-18H,3,8-11H2,1-2H3,(H,22,24)(H,23,25). The first kappa shape index (κ1) is 18.2. The van der Waals surface area contributed by atoms with Gasteiger partial charge in [-0.15, -0.1) is 0 Å². The molecular formula is C20H27ClN2O2. The molecule has 0 spiro atoms. The van der Waals surface area contributed by atoms with Crippen LogP contribution in [0.1, 0.15) is 45.1 Å². The molecule has 5 atom stereocenters. The Morgan fingerprint density at radius 1 is 1.28 bits per heavy atom. The van der Waals surface area contributed by atoms with Crippen LogP contribution in [0.3, 0.4) is 0 Å². The summed E-state index contributed by atoms with van der Waals surface area (Å²) in [6.45, 7) is 4.30. The van der Waals surface area contributed by atoms with Gasteiger partial charge in [0, 0.05) is 23.0 Å². The summed E-state index contributed by atoms with van der Waals surface area (Å²) in [7, 11) is 0. The third-order valence-electron chi connectivity index (χ3n) is 5.96. The molecule has 1 heterocycles. The quantitative estimate of drug-likeness (QED) is 0.863. The average molecular weight is 363 g/mol. The molecule has 1 saturated carbocycles. The van der Waals surface area contributed by atoms with Crippen molar-refractivity contribution in [2.24, 2.45) is 17.8 Å². The summed E-state index contributed by atoms with van der Waals surface area (Å²) in [6, 6.07) is 7.71. The molecule has 3 rings (SSSR count). The maximum absolute atomic E-state index is 12.3. The van der Waals surface area contributed by atoms with Gasteiger partial charge in [0.05, 0.1) is 6.42 Å². The number of hydrogen-bond acceptors (Lipinski definition) is 2. The third-order valence-corrected chi connectivity index (χ3v) is 6.21. The van der Waals surface area contributed by atoms with E-state index in [0.717, 1.165) is 31.2 Å². The van der Waals surface area contributed by atoms with E-state index >= 15 is 0 Å². The van der Waals surface area contributed by atoms with E-state index in [4.69, 9.17) is 11.6 Å². The van der Waals surface area contributed by atoms with Gasteiger partial charge < -0.3 is 10.6 Å². The SMILES string of the molecule is CCC1C(=O)NC2CC(NC(=O)Cc3ccc(Cl)cc3)CCC2C1C. The Balaban J connectivity index is 1.55. The van der Waals surface area contributed by atoms with Crippen molar-refractivity contribution < 1.29 is 9.59 Å². The monoisotopic (exact) mass is 362 g/mol. The van der Waals surface area contributed by atoms with E-state index in [1.165, 1.54) is 0 Å². The van der Waals surface area contributed by atoms with Crippen LogP contribution in [0, 0.1) is 17.8 Å². The molecule has 1 aliphatic carbocycles. The van der Waals surface area contributed by atoms with E-state index in [0.29, 0.717) is 23.3 Å². The van der Waals surface area contributed by atoms with Crippen molar-refractivity contribution in [2.75, 3.05) is 0 Å². The smallest absolute Gasteiger partial charge is 0.224 e. The van der Waals surface area contributed by atoms with E-state index in [9.17, 15) is 9.59 Å². The van der Waals surface area contributed by atoms with Gasteiger partial charge in [0.2, 0.25) is 11.8 Å². The molecule has 4 nitrogen and oxygen atoms in total. The zero-order valence-electron chi connectivity index (χ0n) is 14.9. The Labute approximate surface area is 154 Å². The molecule has 1 aromatic rings. The Bertz CT molecular complexity index is 631. The molecule has 0 radical (unpaired) electrons. The third kappa shape index (κ3) is 4.17. The number of piperidine rings is 1. The number of rotatable bonds is 4. The fourth-order valence-corrected chi connectivity index (χ4v) is 4.70. The number of benzene rings is 1. The second kappa shape index (κ2) is 7.77. The number of amides is 2. The van der Waals surface area contributed by atoms with Crippen LogP contribution in [-0.2, 0) is 16.0 Å². The van der Waals surface area contributed by atoms with Crippen LogP contribution in [0.25, 0.3) is 0 Å². The Kier molecular flexibility index (Phi) is 5.67. The number of halogens is 1. The van der Waals surface area contributed by atoms with Crippen molar-refractivity contribution in [1.29, 1.82) is 0 Å². The summed E-state index contributed by atoms with van der Waals surface area (Å²) in [5.74, 6) is 1.32. The van der Waals surface area contributed by atoms with Crippen molar-refractivity contribution in [3.63, 3.8) is 0 Å². The number of carbonyl (C=O) groups excluding carboxylic acids is 2. The molecule has 5 heteroatoms. The predicted octanol–water partition coefficient (Wildman–Crippen LogP) is 3.33. The first-order valence-electron chi connectivity index (χ1n) is 9.32. The fourth-order valence-electron chi connectivity index (χ4n) is 4.57. The molecule has 1 aliphatic heterocycles. The molecule has 0 bridgehead atoms. The fraction of sp³-hybridized carbons (Fsp3) is 0.600. The minimum absolute atomic E-state index is 0.0346. The molecule has 1 aromatic carbocycles. The maximum atomic E-state index is 12.3. The van der Waals surface area contributed by atoms with Gasteiger partial charge in [0.25, 0.3) is 0 Å². The molecule has 2 aliphatic rings. The Morgan fingerprint density at radius 3 is 2.68 bits per heavy atom. The summed E-state index contributed by atoms with van der Waals surface area (Å²) in [5, 5.41) is 7.03. The van der Waals surface area contributed by atoms with Gasteiger partial charge in [-0.3, -0.25) is 9.59 Å². The minimum Gasteiger partial charge on any atom is -0.353 e. The van der Waals surface area contributed by atoms with E-state index in [2.05, 4.69) is 24.5 Å². The van der Waals surface area contributed by atoms with Gasteiger partial charge in [0.15, 0.2) is 0 Å². The lowest BCUT2D eigenvalue weighted by molar-refractivity contribution is -0.133. The van der Waals surface area contributed by atoms with Gasteiger partial charge in [-0.25, -0.2) is 0 Å².